The van der Waals surface area contributed by atoms with Crippen LogP contribution < -0.4 is 9.47 Å². The van der Waals surface area contributed by atoms with E-state index in [0.29, 0.717) is 11.3 Å². The Morgan fingerprint density at radius 2 is 1.69 bits per heavy atom. The molecule has 0 aliphatic heterocycles. The maximum atomic E-state index is 11.6. The first-order chi connectivity index (χ1) is 12.6. The quantitative estimate of drug-likeness (QED) is 0.332. The van der Waals surface area contributed by atoms with Gasteiger partial charge in [-0.25, -0.2) is 0 Å². The highest BCUT2D eigenvalue weighted by Gasteiger charge is 2.19. The summed E-state index contributed by atoms with van der Waals surface area (Å²) in [4.78, 5) is 11.2. The van der Waals surface area contributed by atoms with Crippen molar-refractivity contribution in [2.45, 2.75) is 32.6 Å². The number of nitro groups is 1. The molecule has 5 heteroatoms. The van der Waals surface area contributed by atoms with Crippen LogP contribution >= 0.6 is 0 Å². The van der Waals surface area contributed by atoms with Crippen molar-refractivity contribution < 1.29 is 14.4 Å². The van der Waals surface area contributed by atoms with Crippen molar-refractivity contribution in [3.8, 4) is 11.5 Å². The summed E-state index contributed by atoms with van der Waals surface area (Å²) in [6, 6.07) is 12.6. The molecule has 0 saturated carbocycles. The molecule has 5 nitrogen and oxygen atoms in total. The molecule has 138 valence electrons. The lowest BCUT2D eigenvalue weighted by Gasteiger charge is -2.11. The average Bonchev–Trinajstić information content (AvgIpc) is 2.68. The van der Waals surface area contributed by atoms with E-state index in [1.54, 1.807) is 19.2 Å². The Morgan fingerprint density at radius 3 is 2.27 bits per heavy atom. The standard InChI is InChI=1S/C21H25NO4/c1-4-5-6-7-8-19(16-9-11-17(25-2)12-10-16)20-14-13-18(26-3)15-21(20)22(23)24/h8-15H,4-7H2,1-3H3/b19-8-. The maximum absolute atomic E-state index is 11.6. The van der Waals surface area contributed by atoms with Gasteiger partial charge in [0, 0.05) is 0 Å². The third-order valence-corrected chi connectivity index (χ3v) is 4.25. The number of benzene rings is 2. The van der Waals surface area contributed by atoms with E-state index >= 15 is 0 Å². The van der Waals surface area contributed by atoms with Gasteiger partial charge < -0.3 is 9.47 Å². The molecular weight excluding hydrogens is 330 g/mol. The van der Waals surface area contributed by atoms with Gasteiger partial charge in [-0.15, -0.1) is 0 Å². The number of allylic oxidation sites excluding steroid dienone is 1. The van der Waals surface area contributed by atoms with Crippen molar-refractivity contribution in [3.63, 3.8) is 0 Å². The van der Waals surface area contributed by atoms with Gasteiger partial charge in [-0.1, -0.05) is 38.0 Å². The summed E-state index contributed by atoms with van der Waals surface area (Å²) in [7, 11) is 3.12. The minimum atomic E-state index is -0.360. The summed E-state index contributed by atoms with van der Waals surface area (Å²) < 4.78 is 10.4. The molecule has 0 aliphatic carbocycles. The van der Waals surface area contributed by atoms with E-state index in [1.165, 1.54) is 13.2 Å². The molecule has 0 spiro atoms. The SMILES string of the molecule is CCCCC/C=C(/c1ccc(OC)cc1)c1ccc(OC)cc1[N+](=O)[O-]. The smallest absolute Gasteiger partial charge is 0.280 e. The van der Waals surface area contributed by atoms with E-state index in [1.807, 2.05) is 24.3 Å². The van der Waals surface area contributed by atoms with Crippen LogP contribution in [0.4, 0.5) is 5.69 Å². The summed E-state index contributed by atoms with van der Waals surface area (Å²) >= 11 is 0. The predicted molar refractivity (Wildman–Crippen MR) is 104 cm³/mol. The fraction of sp³-hybridized carbons (Fsp3) is 0.333. The van der Waals surface area contributed by atoms with Crippen molar-refractivity contribution in [2.75, 3.05) is 14.2 Å². The van der Waals surface area contributed by atoms with Gasteiger partial charge in [-0.2, -0.15) is 0 Å². The number of ether oxygens (including phenoxy) is 2. The Bertz CT molecular complexity index is 766. The number of nitro benzene ring substituents is 1. The van der Waals surface area contributed by atoms with Gasteiger partial charge in [0.2, 0.25) is 0 Å². The molecule has 26 heavy (non-hydrogen) atoms. The van der Waals surface area contributed by atoms with Crippen molar-refractivity contribution >= 4 is 11.3 Å². The highest BCUT2D eigenvalue weighted by atomic mass is 16.6. The molecule has 0 amide bonds. The fourth-order valence-electron chi connectivity index (χ4n) is 2.81. The topological polar surface area (TPSA) is 61.6 Å². The Balaban J connectivity index is 2.50. The molecule has 0 atom stereocenters. The fourth-order valence-corrected chi connectivity index (χ4v) is 2.81. The molecule has 0 heterocycles. The molecule has 2 aromatic rings. The third kappa shape index (κ3) is 4.85. The molecule has 0 fully saturated rings. The van der Waals surface area contributed by atoms with Gasteiger partial charge >= 0.3 is 0 Å². The molecule has 0 unspecified atom stereocenters. The Hall–Kier alpha value is -2.82. The first-order valence-electron chi connectivity index (χ1n) is 8.78. The number of hydrogen-bond donors (Lipinski definition) is 0. The Labute approximate surface area is 154 Å². The van der Waals surface area contributed by atoms with Crippen LogP contribution in [-0.4, -0.2) is 19.1 Å². The molecule has 0 bridgehead atoms. The van der Waals surface area contributed by atoms with Crippen LogP contribution in [0.15, 0.2) is 48.5 Å². The number of nitrogens with zero attached hydrogens (tertiary/aromatic N) is 1. The highest BCUT2D eigenvalue weighted by Crippen LogP contribution is 2.34. The van der Waals surface area contributed by atoms with Crippen LogP contribution in [0.5, 0.6) is 11.5 Å². The Kier molecular flexibility index (Phi) is 7.21. The zero-order valence-corrected chi connectivity index (χ0v) is 15.5. The van der Waals surface area contributed by atoms with E-state index in [0.717, 1.165) is 42.6 Å². The molecule has 0 aliphatic rings. The molecule has 0 saturated heterocycles. The van der Waals surface area contributed by atoms with Crippen molar-refractivity contribution in [1.29, 1.82) is 0 Å². The second-order valence-electron chi connectivity index (χ2n) is 5.98. The van der Waals surface area contributed by atoms with Crippen molar-refractivity contribution in [3.05, 3.63) is 69.8 Å². The average molecular weight is 355 g/mol. The minimum absolute atomic E-state index is 0.0434. The van der Waals surface area contributed by atoms with Crippen LogP contribution in [0, 0.1) is 10.1 Å². The van der Waals surface area contributed by atoms with Gasteiger partial charge in [-0.3, -0.25) is 10.1 Å². The zero-order valence-electron chi connectivity index (χ0n) is 15.5. The van der Waals surface area contributed by atoms with Gasteiger partial charge in [0.25, 0.3) is 5.69 Å². The predicted octanol–water partition coefficient (Wildman–Crippen LogP) is 5.62. The molecule has 2 rings (SSSR count). The van der Waals surface area contributed by atoms with Crippen molar-refractivity contribution in [1.82, 2.24) is 0 Å². The van der Waals surface area contributed by atoms with Gasteiger partial charge in [0.05, 0.1) is 30.8 Å². The summed E-state index contributed by atoms with van der Waals surface area (Å²) in [6.45, 7) is 2.16. The lowest BCUT2D eigenvalue weighted by molar-refractivity contribution is -0.385. The number of hydrogen-bond acceptors (Lipinski definition) is 4. The van der Waals surface area contributed by atoms with Crippen LogP contribution in [0.25, 0.3) is 5.57 Å². The molecule has 2 aromatic carbocycles. The van der Waals surface area contributed by atoms with E-state index in [4.69, 9.17) is 9.47 Å². The largest absolute Gasteiger partial charge is 0.497 e. The van der Waals surface area contributed by atoms with E-state index in [9.17, 15) is 10.1 Å². The highest BCUT2D eigenvalue weighted by molar-refractivity contribution is 5.84. The summed E-state index contributed by atoms with van der Waals surface area (Å²) in [6.07, 6.45) is 6.29. The Morgan fingerprint density at radius 1 is 1.04 bits per heavy atom. The number of methoxy groups -OCH3 is 2. The van der Waals surface area contributed by atoms with Gasteiger partial charge in [-0.05, 0) is 48.2 Å². The number of unbranched alkanes of at least 4 members (excludes halogenated alkanes) is 3. The lowest BCUT2D eigenvalue weighted by Crippen LogP contribution is -1.98. The summed E-state index contributed by atoms with van der Waals surface area (Å²) in [5.41, 5.74) is 2.42. The first kappa shape index (κ1) is 19.5. The van der Waals surface area contributed by atoms with Crippen molar-refractivity contribution in [2.24, 2.45) is 0 Å². The van der Waals surface area contributed by atoms with Crippen LogP contribution in [0.1, 0.15) is 43.7 Å². The van der Waals surface area contributed by atoms with E-state index in [-0.39, 0.29) is 10.6 Å². The second-order valence-corrected chi connectivity index (χ2v) is 5.98. The monoisotopic (exact) mass is 355 g/mol. The van der Waals surface area contributed by atoms with E-state index < -0.39 is 0 Å². The third-order valence-electron chi connectivity index (χ3n) is 4.25. The lowest BCUT2D eigenvalue weighted by atomic mass is 9.94. The molecule has 0 N–H and O–H groups in total. The van der Waals surface area contributed by atoms with Crippen LogP contribution in [0.2, 0.25) is 0 Å². The second kappa shape index (κ2) is 9.61. The first-order valence-corrected chi connectivity index (χ1v) is 8.78. The zero-order chi connectivity index (χ0) is 18.9. The molecular formula is C21H25NO4. The van der Waals surface area contributed by atoms with E-state index in [2.05, 4.69) is 13.0 Å². The van der Waals surface area contributed by atoms with Gasteiger partial charge in [0.1, 0.15) is 11.5 Å². The minimum Gasteiger partial charge on any atom is -0.497 e. The number of rotatable bonds is 9. The molecule has 0 aromatic heterocycles. The maximum Gasteiger partial charge on any atom is 0.280 e. The summed E-state index contributed by atoms with van der Waals surface area (Å²) in [5, 5.41) is 11.6. The van der Waals surface area contributed by atoms with Crippen LogP contribution in [0.3, 0.4) is 0 Å². The van der Waals surface area contributed by atoms with Crippen LogP contribution in [-0.2, 0) is 0 Å². The van der Waals surface area contributed by atoms with Gasteiger partial charge in [0.15, 0.2) is 0 Å². The normalized spacial score (nSPS) is 11.3. The molecule has 0 radical (unpaired) electrons. The summed E-state index contributed by atoms with van der Waals surface area (Å²) in [5.74, 6) is 1.23.